The molecule has 1 aliphatic carbocycles. The van der Waals surface area contributed by atoms with E-state index in [0.29, 0.717) is 0 Å². The first kappa shape index (κ1) is 13.1. The molecule has 3 heteroatoms. The number of aryl methyl sites for hydroxylation is 1. The van der Waals surface area contributed by atoms with Gasteiger partial charge in [0.1, 0.15) is 12.1 Å². The van der Waals surface area contributed by atoms with Crippen LogP contribution in [0.5, 0.6) is 0 Å². The van der Waals surface area contributed by atoms with Crippen LogP contribution >= 0.6 is 0 Å². The molecule has 0 heterocycles. The average Bonchev–Trinajstić information content (AvgIpc) is 2.38. The Balaban J connectivity index is 2.10. The molecule has 2 rings (SSSR count). The lowest BCUT2D eigenvalue weighted by atomic mass is 9.89. The maximum Gasteiger partial charge on any atom is 0.323 e. The van der Waals surface area contributed by atoms with Gasteiger partial charge in [-0.2, -0.15) is 0 Å². The van der Waals surface area contributed by atoms with Crippen LogP contribution in [0, 0.1) is 5.92 Å². The van der Waals surface area contributed by atoms with Crippen LogP contribution in [0.3, 0.4) is 0 Å². The van der Waals surface area contributed by atoms with Crippen molar-refractivity contribution in [1.29, 1.82) is 0 Å². The van der Waals surface area contributed by atoms with Crippen LogP contribution in [-0.2, 0) is 16.0 Å². The third kappa shape index (κ3) is 2.72. The molecule has 1 unspecified atom stereocenters. The second-order valence-electron chi connectivity index (χ2n) is 5.29. The Morgan fingerprint density at radius 2 is 2.11 bits per heavy atom. The number of hydrogen-bond donors (Lipinski definition) is 1. The molecule has 2 N–H and O–H groups in total. The van der Waals surface area contributed by atoms with Gasteiger partial charge in [0.25, 0.3) is 0 Å². The Morgan fingerprint density at radius 3 is 2.83 bits per heavy atom. The predicted molar refractivity (Wildman–Crippen MR) is 71.0 cm³/mol. The number of rotatable bonds is 3. The summed E-state index contributed by atoms with van der Waals surface area (Å²) in [7, 11) is 0. The van der Waals surface area contributed by atoms with Crippen molar-refractivity contribution in [1.82, 2.24) is 0 Å². The number of ether oxygens (including phenoxy) is 1. The number of carbonyl (C=O) groups is 1. The van der Waals surface area contributed by atoms with E-state index in [1.54, 1.807) is 0 Å². The predicted octanol–water partition coefficient (Wildman–Crippen LogP) is 2.59. The zero-order chi connectivity index (χ0) is 13.1. The van der Waals surface area contributed by atoms with Crippen LogP contribution in [0.1, 0.15) is 43.9 Å². The van der Waals surface area contributed by atoms with Crippen LogP contribution in [0.2, 0.25) is 0 Å². The van der Waals surface area contributed by atoms with Crippen LogP contribution in [0.15, 0.2) is 24.3 Å². The quantitative estimate of drug-likeness (QED) is 0.835. The second kappa shape index (κ2) is 5.53. The third-order valence-corrected chi connectivity index (χ3v) is 3.56. The fourth-order valence-corrected chi connectivity index (χ4v) is 2.32. The molecule has 0 aromatic heterocycles. The van der Waals surface area contributed by atoms with E-state index in [-0.39, 0.29) is 18.0 Å². The van der Waals surface area contributed by atoms with E-state index in [1.165, 1.54) is 5.56 Å². The molecule has 1 aromatic carbocycles. The van der Waals surface area contributed by atoms with Gasteiger partial charge in [-0.25, -0.2) is 0 Å². The van der Waals surface area contributed by atoms with Gasteiger partial charge in [0.2, 0.25) is 0 Å². The fourth-order valence-electron chi connectivity index (χ4n) is 2.32. The topological polar surface area (TPSA) is 52.3 Å². The summed E-state index contributed by atoms with van der Waals surface area (Å²) >= 11 is 0. The van der Waals surface area contributed by atoms with Gasteiger partial charge in [0.15, 0.2) is 0 Å². The summed E-state index contributed by atoms with van der Waals surface area (Å²) in [6.07, 6.45) is 2.91. The molecule has 3 nitrogen and oxygen atoms in total. The maximum absolute atomic E-state index is 11.9. The third-order valence-electron chi connectivity index (χ3n) is 3.56. The molecule has 0 aliphatic heterocycles. The van der Waals surface area contributed by atoms with E-state index in [9.17, 15) is 4.79 Å². The number of nitrogens with two attached hydrogens (primary N) is 1. The summed E-state index contributed by atoms with van der Waals surface area (Å²) in [6, 6.07) is 7.65. The highest BCUT2D eigenvalue weighted by molar-refractivity contribution is 5.76. The molecule has 1 aromatic rings. The van der Waals surface area contributed by atoms with Crippen molar-refractivity contribution in [3.8, 4) is 0 Å². The molecular weight excluding hydrogens is 226 g/mol. The average molecular weight is 247 g/mol. The molecule has 2 atom stereocenters. The number of fused-ring (bicyclic) bond motifs is 1. The molecule has 0 saturated carbocycles. The van der Waals surface area contributed by atoms with Crippen molar-refractivity contribution < 1.29 is 9.53 Å². The van der Waals surface area contributed by atoms with Gasteiger partial charge in [-0.15, -0.1) is 0 Å². The lowest BCUT2D eigenvalue weighted by molar-refractivity contribution is -0.152. The Kier molecular flexibility index (Phi) is 4.02. The van der Waals surface area contributed by atoms with Crippen LogP contribution in [0.25, 0.3) is 0 Å². The van der Waals surface area contributed by atoms with Crippen molar-refractivity contribution in [2.45, 2.75) is 45.3 Å². The first-order valence-corrected chi connectivity index (χ1v) is 6.63. The van der Waals surface area contributed by atoms with Crippen molar-refractivity contribution in [3.05, 3.63) is 35.4 Å². The van der Waals surface area contributed by atoms with Crippen LogP contribution in [-0.4, -0.2) is 12.0 Å². The molecule has 0 fully saturated rings. The monoisotopic (exact) mass is 247 g/mol. The maximum atomic E-state index is 11.9. The van der Waals surface area contributed by atoms with Crippen molar-refractivity contribution in [2.75, 3.05) is 0 Å². The first-order chi connectivity index (χ1) is 8.59. The minimum atomic E-state index is -0.529. The van der Waals surface area contributed by atoms with Gasteiger partial charge < -0.3 is 10.5 Å². The molecule has 0 bridgehead atoms. The molecule has 1 aliphatic rings. The summed E-state index contributed by atoms with van der Waals surface area (Å²) in [5.41, 5.74) is 8.26. The summed E-state index contributed by atoms with van der Waals surface area (Å²) in [6.45, 7) is 3.86. The number of esters is 1. The molecule has 98 valence electrons. The lowest BCUT2D eigenvalue weighted by Gasteiger charge is -2.27. The molecular formula is C15H21NO2. The summed E-state index contributed by atoms with van der Waals surface area (Å²) in [5, 5.41) is 0. The Bertz CT molecular complexity index is 428. The first-order valence-electron chi connectivity index (χ1n) is 6.63. The van der Waals surface area contributed by atoms with Crippen LogP contribution in [0.4, 0.5) is 0 Å². The molecule has 18 heavy (non-hydrogen) atoms. The number of benzene rings is 1. The zero-order valence-corrected chi connectivity index (χ0v) is 11.1. The van der Waals surface area contributed by atoms with Gasteiger partial charge >= 0.3 is 5.97 Å². The van der Waals surface area contributed by atoms with E-state index in [0.717, 1.165) is 24.8 Å². The summed E-state index contributed by atoms with van der Waals surface area (Å²) in [5.74, 6) is -0.178. The van der Waals surface area contributed by atoms with Gasteiger partial charge in [0, 0.05) is 0 Å². The Morgan fingerprint density at radius 1 is 1.39 bits per heavy atom. The van der Waals surface area contributed by atoms with Gasteiger partial charge in [-0.1, -0.05) is 38.1 Å². The van der Waals surface area contributed by atoms with Gasteiger partial charge in [0.05, 0.1) is 0 Å². The van der Waals surface area contributed by atoms with Gasteiger partial charge in [-0.05, 0) is 36.3 Å². The molecule has 0 amide bonds. The zero-order valence-electron chi connectivity index (χ0n) is 11.1. The van der Waals surface area contributed by atoms with E-state index in [1.807, 2.05) is 32.0 Å². The normalized spacial score (nSPS) is 20.3. The number of carbonyl (C=O) groups excluding carboxylic acids is 1. The summed E-state index contributed by atoms with van der Waals surface area (Å²) in [4.78, 5) is 11.9. The van der Waals surface area contributed by atoms with Crippen LogP contribution < -0.4 is 5.73 Å². The second-order valence-corrected chi connectivity index (χ2v) is 5.29. The number of hydrogen-bond acceptors (Lipinski definition) is 3. The largest absolute Gasteiger partial charge is 0.456 e. The Labute approximate surface area is 108 Å². The molecule has 0 radical (unpaired) electrons. The Hall–Kier alpha value is -1.35. The standard InChI is InChI=1S/C15H21NO2/c1-10(2)14(16)15(17)18-13-9-5-7-11-6-3-4-8-12(11)13/h3-4,6,8,10,13-14H,5,7,9,16H2,1-2H3/t13?,14-/m0/s1. The summed E-state index contributed by atoms with van der Waals surface area (Å²) < 4.78 is 5.58. The van der Waals surface area contributed by atoms with E-state index >= 15 is 0 Å². The SMILES string of the molecule is CC(C)[C@H](N)C(=O)OC1CCCc2ccccc21. The van der Waals surface area contributed by atoms with Gasteiger partial charge in [-0.3, -0.25) is 4.79 Å². The van der Waals surface area contributed by atoms with E-state index < -0.39 is 6.04 Å². The highest BCUT2D eigenvalue weighted by Crippen LogP contribution is 2.32. The van der Waals surface area contributed by atoms with Crippen molar-refractivity contribution >= 4 is 5.97 Å². The van der Waals surface area contributed by atoms with Crippen molar-refractivity contribution in [2.24, 2.45) is 11.7 Å². The van der Waals surface area contributed by atoms with E-state index in [2.05, 4.69) is 6.07 Å². The fraction of sp³-hybridized carbons (Fsp3) is 0.533. The van der Waals surface area contributed by atoms with Crippen molar-refractivity contribution in [3.63, 3.8) is 0 Å². The highest BCUT2D eigenvalue weighted by atomic mass is 16.5. The minimum Gasteiger partial charge on any atom is -0.456 e. The van der Waals surface area contributed by atoms with E-state index in [4.69, 9.17) is 10.5 Å². The minimum absolute atomic E-state index is 0.108. The molecule has 0 saturated heterocycles. The smallest absolute Gasteiger partial charge is 0.323 e. The molecule has 0 spiro atoms. The highest BCUT2D eigenvalue weighted by Gasteiger charge is 2.26. The lowest BCUT2D eigenvalue weighted by Crippen LogP contribution is -2.38.